The molecule has 0 aromatic rings. The van der Waals surface area contributed by atoms with Crippen LogP contribution < -0.4 is 0 Å². The highest BCUT2D eigenvalue weighted by Crippen LogP contribution is 2.25. The van der Waals surface area contributed by atoms with E-state index in [1.54, 1.807) is 6.92 Å². The van der Waals surface area contributed by atoms with Crippen molar-refractivity contribution < 1.29 is 4.39 Å². The Labute approximate surface area is 263 Å². The first-order valence-electron chi connectivity index (χ1n) is 18.1. The zero-order valence-corrected chi connectivity index (χ0v) is 30.4. The van der Waals surface area contributed by atoms with Crippen molar-refractivity contribution in [2.75, 3.05) is 65.4 Å². The normalized spacial score (nSPS) is 23.6. The van der Waals surface area contributed by atoms with Gasteiger partial charge in [0.2, 0.25) is 0 Å². The van der Waals surface area contributed by atoms with E-state index in [0.717, 1.165) is 24.2 Å². The molecule has 0 amide bonds. The number of nitrogens with zero attached hydrogens (tertiary/aromatic N) is 5. The van der Waals surface area contributed by atoms with Gasteiger partial charge in [0, 0.05) is 43.3 Å². The van der Waals surface area contributed by atoms with E-state index in [1.807, 2.05) is 0 Å². The third-order valence-electron chi connectivity index (χ3n) is 9.53. The number of piperidine rings is 2. The van der Waals surface area contributed by atoms with Crippen LogP contribution in [0.1, 0.15) is 134 Å². The van der Waals surface area contributed by atoms with E-state index >= 15 is 0 Å². The Balaban J connectivity index is 0.000000263. The SMILES string of the molecule is CC(C)N1CC(C)(F)C1.CC(C)N1CCC1.CC(C)N1CCCC1.CC(C)N1CCCCC1.CC(C)N1CCCCC1. The van der Waals surface area contributed by atoms with E-state index in [-0.39, 0.29) is 0 Å². The highest BCUT2D eigenvalue weighted by Gasteiger charge is 2.39. The molecule has 0 radical (unpaired) electrons. The molecule has 0 aliphatic carbocycles. The van der Waals surface area contributed by atoms with Gasteiger partial charge in [0.25, 0.3) is 0 Å². The zero-order chi connectivity index (χ0) is 31.7. The Morgan fingerprint density at radius 2 is 0.571 bits per heavy atom. The van der Waals surface area contributed by atoms with Crippen molar-refractivity contribution in [3.63, 3.8) is 0 Å². The van der Waals surface area contributed by atoms with Gasteiger partial charge in [0.1, 0.15) is 5.67 Å². The molecule has 0 spiro atoms. The zero-order valence-electron chi connectivity index (χ0n) is 30.4. The van der Waals surface area contributed by atoms with Crippen molar-refractivity contribution in [2.45, 2.75) is 170 Å². The van der Waals surface area contributed by atoms with Crippen LogP contribution in [0.15, 0.2) is 0 Å². The number of alkyl halides is 1. The second kappa shape index (κ2) is 21.5. The van der Waals surface area contributed by atoms with E-state index in [4.69, 9.17) is 0 Å². The van der Waals surface area contributed by atoms with E-state index < -0.39 is 5.67 Å². The lowest BCUT2D eigenvalue weighted by Crippen LogP contribution is -2.59. The van der Waals surface area contributed by atoms with Gasteiger partial charge >= 0.3 is 0 Å². The van der Waals surface area contributed by atoms with Crippen LogP contribution in [0.3, 0.4) is 0 Å². The van der Waals surface area contributed by atoms with Crippen molar-refractivity contribution in [3.05, 3.63) is 0 Å². The third-order valence-corrected chi connectivity index (χ3v) is 9.53. The van der Waals surface area contributed by atoms with E-state index in [2.05, 4.69) is 93.7 Å². The van der Waals surface area contributed by atoms with E-state index in [1.165, 1.54) is 110 Å². The number of hydrogen-bond acceptors (Lipinski definition) is 5. The summed E-state index contributed by atoms with van der Waals surface area (Å²) in [6, 6.07) is 3.61. The summed E-state index contributed by atoms with van der Waals surface area (Å²) < 4.78 is 12.8. The molecule has 6 heteroatoms. The van der Waals surface area contributed by atoms with Gasteiger partial charge in [-0.25, -0.2) is 4.39 Å². The van der Waals surface area contributed by atoms with Gasteiger partial charge in [-0.05, 0) is 173 Å². The molecular formula is C36H76FN5. The number of halogens is 1. The Bertz CT molecular complexity index is 599. The summed E-state index contributed by atoms with van der Waals surface area (Å²) in [4.78, 5) is 12.2. The summed E-state index contributed by atoms with van der Waals surface area (Å²) >= 11 is 0. The maximum atomic E-state index is 12.8. The summed E-state index contributed by atoms with van der Waals surface area (Å²) in [6.45, 7) is 35.9. The van der Waals surface area contributed by atoms with Crippen molar-refractivity contribution in [2.24, 2.45) is 0 Å². The van der Waals surface area contributed by atoms with Gasteiger partial charge < -0.3 is 19.6 Å². The molecule has 0 unspecified atom stereocenters. The first-order chi connectivity index (χ1) is 19.7. The molecule has 0 aromatic carbocycles. The van der Waals surface area contributed by atoms with Crippen LogP contribution in [0, 0.1) is 0 Å². The largest absolute Gasteiger partial charge is 0.301 e. The lowest BCUT2D eigenvalue weighted by atomic mass is 9.97. The van der Waals surface area contributed by atoms with Crippen LogP contribution in [0.2, 0.25) is 0 Å². The minimum atomic E-state index is -0.899. The average Bonchev–Trinajstić information content (AvgIpc) is 3.44. The minimum Gasteiger partial charge on any atom is -0.301 e. The lowest BCUT2D eigenvalue weighted by molar-refractivity contribution is -0.0359. The van der Waals surface area contributed by atoms with Crippen LogP contribution in [-0.2, 0) is 0 Å². The predicted molar refractivity (Wildman–Crippen MR) is 185 cm³/mol. The highest BCUT2D eigenvalue weighted by molar-refractivity contribution is 4.93. The molecule has 5 aliphatic rings. The number of rotatable bonds is 5. The third kappa shape index (κ3) is 17.3. The van der Waals surface area contributed by atoms with Crippen LogP contribution >= 0.6 is 0 Å². The van der Waals surface area contributed by atoms with Gasteiger partial charge in [-0.1, -0.05) is 12.8 Å². The van der Waals surface area contributed by atoms with Gasteiger partial charge in [-0.3, -0.25) is 4.90 Å². The second-order valence-corrected chi connectivity index (χ2v) is 15.1. The van der Waals surface area contributed by atoms with Crippen LogP contribution in [-0.4, -0.2) is 126 Å². The van der Waals surface area contributed by atoms with Crippen LogP contribution in [0.5, 0.6) is 0 Å². The molecule has 5 fully saturated rings. The molecule has 0 saturated carbocycles. The molecule has 0 atom stereocenters. The minimum absolute atomic E-state index is 0.508. The Hall–Kier alpha value is -0.270. The predicted octanol–water partition coefficient (Wildman–Crippen LogP) is 7.79. The van der Waals surface area contributed by atoms with E-state index in [9.17, 15) is 4.39 Å². The molecule has 5 aliphatic heterocycles. The fourth-order valence-electron chi connectivity index (χ4n) is 6.15. The molecule has 5 heterocycles. The molecule has 0 bridgehead atoms. The first kappa shape index (κ1) is 39.8. The van der Waals surface area contributed by atoms with Crippen LogP contribution in [0.25, 0.3) is 0 Å². The summed E-state index contributed by atoms with van der Waals surface area (Å²) in [5.41, 5.74) is -0.899. The quantitative estimate of drug-likeness (QED) is 0.321. The molecule has 252 valence electrons. The fraction of sp³-hybridized carbons (Fsp3) is 1.00. The second-order valence-electron chi connectivity index (χ2n) is 15.1. The Morgan fingerprint density at radius 1 is 0.357 bits per heavy atom. The van der Waals surface area contributed by atoms with Gasteiger partial charge in [0.15, 0.2) is 0 Å². The standard InChI is InChI=1S/2C8H17N.C7H14FN.C7H15N.C6H13N/c2*1-8(2)9-6-4-3-5-7-9;1-6(2)9-4-7(3,8)5-9;1-7(2)8-5-3-4-6-8;1-6(2)7-4-3-5-7/h2*8H,3-7H2,1-2H3;6H,4-5H2,1-3H3;7H,3-6H2,1-2H3;6H,3-5H2,1-2H3. The number of hydrogen-bond donors (Lipinski definition) is 0. The average molecular weight is 598 g/mol. The highest BCUT2D eigenvalue weighted by atomic mass is 19.1. The van der Waals surface area contributed by atoms with Crippen molar-refractivity contribution in [3.8, 4) is 0 Å². The van der Waals surface area contributed by atoms with Gasteiger partial charge in [0.05, 0.1) is 0 Å². The van der Waals surface area contributed by atoms with E-state index in [0.29, 0.717) is 19.1 Å². The molecule has 42 heavy (non-hydrogen) atoms. The van der Waals surface area contributed by atoms with Crippen molar-refractivity contribution in [1.82, 2.24) is 24.5 Å². The maximum absolute atomic E-state index is 12.8. The summed E-state index contributed by atoms with van der Waals surface area (Å²) in [6.07, 6.45) is 12.8. The van der Waals surface area contributed by atoms with Crippen molar-refractivity contribution >= 4 is 0 Å². The van der Waals surface area contributed by atoms with Gasteiger partial charge in [-0.15, -0.1) is 0 Å². The smallest absolute Gasteiger partial charge is 0.133 e. The fourth-order valence-corrected chi connectivity index (χ4v) is 6.15. The summed E-state index contributed by atoms with van der Waals surface area (Å²) in [5, 5.41) is 0. The summed E-state index contributed by atoms with van der Waals surface area (Å²) in [7, 11) is 0. The van der Waals surface area contributed by atoms with Gasteiger partial charge in [-0.2, -0.15) is 0 Å². The van der Waals surface area contributed by atoms with Crippen LogP contribution in [0.4, 0.5) is 4.39 Å². The molecule has 5 rings (SSSR count). The summed E-state index contributed by atoms with van der Waals surface area (Å²) in [5.74, 6) is 0. The monoisotopic (exact) mass is 598 g/mol. The molecule has 5 saturated heterocycles. The molecule has 5 nitrogen and oxygen atoms in total. The number of likely N-dealkylation sites (tertiary alicyclic amines) is 5. The Morgan fingerprint density at radius 3 is 0.690 bits per heavy atom. The topological polar surface area (TPSA) is 16.2 Å². The maximum Gasteiger partial charge on any atom is 0.133 e. The first-order valence-corrected chi connectivity index (χ1v) is 18.1. The lowest BCUT2D eigenvalue weighted by Gasteiger charge is -2.44. The Kier molecular flexibility index (Phi) is 20.3. The molecular weight excluding hydrogens is 521 g/mol. The molecule has 0 N–H and O–H groups in total. The molecule has 0 aromatic heterocycles. The van der Waals surface area contributed by atoms with Crippen molar-refractivity contribution in [1.29, 1.82) is 0 Å².